The van der Waals surface area contributed by atoms with Crippen LogP contribution in [0.25, 0.3) is 11.1 Å². The molecule has 0 aliphatic rings. The lowest BCUT2D eigenvalue weighted by atomic mass is 10.0. The van der Waals surface area contributed by atoms with Gasteiger partial charge in [-0.15, -0.1) is 0 Å². The first-order chi connectivity index (χ1) is 17.4. The van der Waals surface area contributed by atoms with Crippen LogP contribution < -0.4 is 10.6 Å². The van der Waals surface area contributed by atoms with Crippen molar-refractivity contribution < 1.29 is 19.1 Å². The van der Waals surface area contributed by atoms with Crippen molar-refractivity contribution in [2.24, 2.45) is 0 Å². The summed E-state index contributed by atoms with van der Waals surface area (Å²) < 4.78 is 11.2. The third-order valence-electron chi connectivity index (χ3n) is 5.80. The SMILES string of the molecule is O=C(CCc1ccc(CP(=O)(O)O)cc1)Nc1ccccc1-c1ccccc1NCc1ccccc1. The average molecular weight is 501 g/mol. The van der Waals surface area contributed by atoms with Crippen molar-refractivity contribution in [1.82, 2.24) is 0 Å². The molecule has 4 aromatic carbocycles. The third-order valence-corrected chi connectivity index (χ3v) is 6.57. The van der Waals surface area contributed by atoms with Crippen LogP contribution in [0.5, 0.6) is 0 Å². The Morgan fingerprint density at radius 1 is 0.667 bits per heavy atom. The lowest BCUT2D eigenvalue weighted by molar-refractivity contribution is -0.116. The largest absolute Gasteiger partial charge is 0.380 e. The number of hydrogen-bond acceptors (Lipinski definition) is 3. The molecule has 0 aromatic heterocycles. The minimum Gasteiger partial charge on any atom is -0.380 e. The zero-order valence-electron chi connectivity index (χ0n) is 19.8. The van der Waals surface area contributed by atoms with Gasteiger partial charge >= 0.3 is 7.60 Å². The Bertz CT molecular complexity index is 1350. The number of benzene rings is 4. The average Bonchev–Trinajstić information content (AvgIpc) is 2.87. The zero-order valence-corrected chi connectivity index (χ0v) is 20.7. The summed E-state index contributed by atoms with van der Waals surface area (Å²) in [6.45, 7) is 0.694. The van der Waals surface area contributed by atoms with Crippen molar-refractivity contribution in [3.63, 3.8) is 0 Å². The summed E-state index contributed by atoms with van der Waals surface area (Å²) in [4.78, 5) is 31.0. The van der Waals surface area contributed by atoms with E-state index in [-0.39, 0.29) is 12.1 Å². The second-order valence-electron chi connectivity index (χ2n) is 8.62. The highest BCUT2D eigenvalue weighted by Crippen LogP contribution is 2.39. The van der Waals surface area contributed by atoms with Crippen LogP contribution in [0, 0.1) is 0 Å². The molecule has 0 saturated heterocycles. The minimum atomic E-state index is -4.10. The molecule has 0 bridgehead atoms. The zero-order chi connectivity index (χ0) is 25.4. The van der Waals surface area contributed by atoms with Gasteiger partial charge in [0.05, 0.1) is 6.16 Å². The molecule has 0 radical (unpaired) electrons. The molecule has 4 rings (SSSR count). The van der Waals surface area contributed by atoms with E-state index in [2.05, 4.69) is 22.8 Å². The van der Waals surface area contributed by atoms with Gasteiger partial charge in [-0.3, -0.25) is 9.36 Å². The van der Waals surface area contributed by atoms with Gasteiger partial charge < -0.3 is 20.4 Å². The highest BCUT2D eigenvalue weighted by Gasteiger charge is 2.14. The molecule has 36 heavy (non-hydrogen) atoms. The van der Waals surface area contributed by atoms with Crippen molar-refractivity contribution in [1.29, 1.82) is 0 Å². The van der Waals surface area contributed by atoms with Gasteiger partial charge in [-0.25, -0.2) is 0 Å². The molecule has 7 heteroatoms. The molecule has 4 aromatic rings. The van der Waals surface area contributed by atoms with Crippen LogP contribution in [-0.2, 0) is 28.5 Å². The number of nitrogens with one attached hydrogen (secondary N) is 2. The summed E-state index contributed by atoms with van der Waals surface area (Å²) in [7, 11) is -4.10. The fraction of sp³-hybridized carbons (Fsp3) is 0.138. The summed E-state index contributed by atoms with van der Waals surface area (Å²) in [6.07, 6.45) is 0.533. The third kappa shape index (κ3) is 7.40. The van der Waals surface area contributed by atoms with Gasteiger partial charge in [0.25, 0.3) is 0 Å². The predicted octanol–water partition coefficient (Wildman–Crippen LogP) is 6.21. The van der Waals surface area contributed by atoms with Crippen molar-refractivity contribution in [3.05, 3.63) is 120 Å². The Labute approximate surface area is 211 Å². The second kappa shape index (κ2) is 11.8. The molecule has 0 atom stereocenters. The van der Waals surface area contributed by atoms with Gasteiger partial charge in [0, 0.05) is 35.5 Å². The van der Waals surface area contributed by atoms with Crippen molar-refractivity contribution in [2.45, 2.75) is 25.5 Å². The van der Waals surface area contributed by atoms with Crippen molar-refractivity contribution in [2.75, 3.05) is 10.6 Å². The van der Waals surface area contributed by atoms with Crippen LogP contribution in [0.1, 0.15) is 23.1 Å². The number of para-hydroxylation sites is 2. The molecule has 0 saturated carbocycles. The first-order valence-corrected chi connectivity index (χ1v) is 13.6. The van der Waals surface area contributed by atoms with Gasteiger partial charge in [-0.2, -0.15) is 0 Å². The fourth-order valence-electron chi connectivity index (χ4n) is 4.01. The monoisotopic (exact) mass is 500 g/mol. The Morgan fingerprint density at radius 2 is 1.22 bits per heavy atom. The van der Waals surface area contributed by atoms with Gasteiger partial charge in [-0.1, -0.05) is 91.0 Å². The molecule has 6 nitrogen and oxygen atoms in total. The van der Waals surface area contributed by atoms with E-state index in [0.717, 1.165) is 28.1 Å². The van der Waals surface area contributed by atoms with E-state index in [9.17, 15) is 9.36 Å². The Balaban J connectivity index is 1.42. The van der Waals surface area contributed by atoms with E-state index in [1.54, 1.807) is 24.3 Å². The van der Waals surface area contributed by atoms with Crippen molar-refractivity contribution >= 4 is 24.9 Å². The maximum absolute atomic E-state index is 12.8. The number of aryl methyl sites for hydroxylation is 1. The molecule has 0 unspecified atom stereocenters. The lowest BCUT2D eigenvalue weighted by Gasteiger charge is -2.16. The van der Waals surface area contributed by atoms with Gasteiger partial charge in [0.1, 0.15) is 0 Å². The van der Waals surface area contributed by atoms with E-state index < -0.39 is 7.60 Å². The number of carbonyl (C=O) groups is 1. The molecular formula is C29H29N2O4P. The number of hydrogen-bond donors (Lipinski definition) is 4. The summed E-state index contributed by atoms with van der Waals surface area (Å²) in [5, 5.41) is 6.57. The van der Waals surface area contributed by atoms with E-state index in [4.69, 9.17) is 9.79 Å². The first kappa shape index (κ1) is 25.4. The smallest absolute Gasteiger partial charge is 0.329 e. The molecule has 4 N–H and O–H groups in total. The number of rotatable bonds is 10. The molecule has 0 fully saturated rings. The quantitative estimate of drug-likeness (QED) is 0.194. The molecule has 0 spiro atoms. The molecule has 0 aliphatic carbocycles. The summed E-state index contributed by atoms with van der Waals surface area (Å²) in [5.41, 5.74) is 6.36. The first-order valence-electron chi connectivity index (χ1n) is 11.8. The Morgan fingerprint density at radius 3 is 1.89 bits per heavy atom. The van der Waals surface area contributed by atoms with E-state index in [0.29, 0.717) is 24.9 Å². The standard InChI is InChI=1S/C29H29N2O4P/c32-29(19-18-22-14-16-24(17-15-22)21-36(33,34)35)31-28-13-7-5-11-26(28)25-10-4-6-12-27(25)30-20-23-8-2-1-3-9-23/h1-17,30H,18-21H2,(H,31,32)(H2,33,34,35). The minimum absolute atomic E-state index is 0.100. The summed E-state index contributed by atoms with van der Waals surface area (Å²) in [6, 6.07) is 33.0. The van der Waals surface area contributed by atoms with E-state index >= 15 is 0 Å². The highest BCUT2D eigenvalue weighted by atomic mass is 31.2. The lowest BCUT2D eigenvalue weighted by Crippen LogP contribution is -2.13. The van der Waals surface area contributed by atoms with E-state index in [1.165, 1.54) is 5.56 Å². The van der Waals surface area contributed by atoms with Gasteiger partial charge in [0.2, 0.25) is 5.91 Å². The van der Waals surface area contributed by atoms with Crippen LogP contribution in [-0.4, -0.2) is 15.7 Å². The van der Waals surface area contributed by atoms with Crippen LogP contribution in [0.4, 0.5) is 11.4 Å². The van der Waals surface area contributed by atoms with Crippen LogP contribution in [0.3, 0.4) is 0 Å². The van der Waals surface area contributed by atoms with Crippen LogP contribution in [0.2, 0.25) is 0 Å². The molecular weight excluding hydrogens is 471 g/mol. The number of amides is 1. The number of anilines is 2. The van der Waals surface area contributed by atoms with Crippen LogP contribution in [0.15, 0.2) is 103 Å². The van der Waals surface area contributed by atoms with E-state index in [1.807, 2.05) is 66.7 Å². The molecule has 0 heterocycles. The van der Waals surface area contributed by atoms with Gasteiger partial charge in [-0.05, 0) is 35.2 Å². The Hall–Kier alpha value is -3.70. The highest BCUT2D eigenvalue weighted by molar-refractivity contribution is 7.50. The maximum Gasteiger partial charge on any atom is 0.329 e. The maximum atomic E-state index is 12.8. The molecule has 1 amide bonds. The second-order valence-corrected chi connectivity index (χ2v) is 10.3. The normalized spacial score (nSPS) is 11.2. The fourth-order valence-corrected chi connectivity index (χ4v) is 4.70. The predicted molar refractivity (Wildman–Crippen MR) is 145 cm³/mol. The van der Waals surface area contributed by atoms with Crippen LogP contribution >= 0.6 is 7.60 Å². The molecule has 0 aliphatic heterocycles. The number of carbonyl (C=O) groups excluding carboxylic acids is 1. The molecule has 184 valence electrons. The Kier molecular flexibility index (Phi) is 8.34. The summed E-state index contributed by atoms with van der Waals surface area (Å²) in [5.74, 6) is -0.100. The topological polar surface area (TPSA) is 98.7 Å². The summed E-state index contributed by atoms with van der Waals surface area (Å²) >= 11 is 0. The van der Waals surface area contributed by atoms with Crippen molar-refractivity contribution in [3.8, 4) is 11.1 Å². The van der Waals surface area contributed by atoms with Gasteiger partial charge in [0.15, 0.2) is 0 Å².